The Morgan fingerprint density at radius 3 is 2.73 bits per heavy atom. The van der Waals surface area contributed by atoms with Crippen molar-refractivity contribution in [2.45, 2.75) is 12.7 Å². The summed E-state index contributed by atoms with van der Waals surface area (Å²) in [6.07, 6.45) is -1.35. The molecule has 0 aliphatic carbocycles. The second-order valence-corrected chi connectivity index (χ2v) is 7.36. The monoisotopic (exact) mass is 476 g/mol. The van der Waals surface area contributed by atoms with Crippen LogP contribution in [0.3, 0.4) is 0 Å². The molecule has 4 aromatic rings. The van der Waals surface area contributed by atoms with E-state index < -0.39 is 17.6 Å². The van der Waals surface area contributed by atoms with Gasteiger partial charge in [-0.1, -0.05) is 11.6 Å². The molecule has 0 atom stereocenters. The highest BCUT2D eigenvalue weighted by molar-refractivity contribution is 6.31. The molecule has 170 valence electrons. The molecule has 0 saturated heterocycles. The predicted octanol–water partition coefficient (Wildman–Crippen LogP) is 3.98. The normalized spacial score (nSPS) is 11.5. The zero-order valence-electron chi connectivity index (χ0n) is 17.0. The predicted molar refractivity (Wildman–Crippen MR) is 115 cm³/mol. The molecule has 3 heterocycles. The molecule has 0 unspecified atom stereocenters. The number of aromatic nitrogens is 4. The molecule has 1 aromatic carbocycles. The third-order valence-corrected chi connectivity index (χ3v) is 5.16. The molecule has 1 amide bonds. The number of nitrogens with two attached hydrogens (primary N) is 1. The summed E-state index contributed by atoms with van der Waals surface area (Å²) in [4.78, 5) is 21.1. The molecule has 0 aliphatic rings. The van der Waals surface area contributed by atoms with Gasteiger partial charge in [0.05, 0.1) is 12.7 Å². The quantitative estimate of drug-likeness (QED) is 0.451. The van der Waals surface area contributed by atoms with Gasteiger partial charge in [-0.2, -0.15) is 18.2 Å². The van der Waals surface area contributed by atoms with Crippen molar-refractivity contribution in [1.82, 2.24) is 24.9 Å². The van der Waals surface area contributed by atoms with Crippen LogP contribution in [0.2, 0.25) is 5.02 Å². The molecule has 0 spiro atoms. The number of alkyl halides is 3. The summed E-state index contributed by atoms with van der Waals surface area (Å²) in [6, 6.07) is 7.94. The van der Waals surface area contributed by atoms with Crippen LogP contribution >= 0.6 is 11.6 Å². The highest BCUT2D eigenvalue weighted by Gasteiger charge is 2.31. The van der Waals surface area contributed by atoms with Gasteiger partial charge in [-0.05, 0) is 47.5 Å². The summed E-state index contributed by atoms with van der Waals surface area (Å²) in [5, 5.41) is 6.67. The summed E-state index contributed by atoms with van der Waals surface area (Å²) in [5.74, 6) is -0.421. The van der Waals surface area contributed by atoms with Crippen LogP contribution in [0.1, 0.15) is 21.5 Å². The van der Waals surface area contributed by atoms with Gasteiger partial charge in [0.25, 0.3) is 5.91 Å². The fraction of sp³-hybridized carbons (Fsp3) is 0.143. The number of carbonyl (C=O) groups is 1. The summed E-state index contributed by atoms with van der Waals surface area (Å²) < 4.78 is 45.7. The largest absolute Gasteiger partial charge is 0.480 e. The zero-order chi connectivity index (χ0) is 23.8. The number of pyridine rings is 2. The van der Waals surface area contributed by atoms with Crippen molar-refractivity contribution in [2.75, 3.05) is 12.8 Å². The van der Waals surface area contributed by atoms with E-state index in [-0.39, 0.29) is 34.5 Å². The minimum atomic E-state index is -4.53. The van der Waals surface area contributed by atoms with Crippen molar-refractivity contribution in [1.29, 1.82) is 0 Å². The first-order valence-electron chi connectivity index (χ1n) is 9.46. The van der Waals surface area contributed by atoms with Gasteiger partial charge in [0, 0.05) is 29.5 Å². The molecule has 0 saturated carbocycles. The molecular weight excluding hydrogens is 461 g/mol. The number of halogens is 4. The number of benzene rings is 1. The summed E-state index contributed by atoms with van der Waals surface area (Å²) in [5.41, 5.74) is 6.75. The number of nitrogens with zero attached hydrogens (tertiary/aromatic N) is 4. The Morgan fingerprint density at radius 2 is 2.00 bits per heavy atom. The lowest BCUT2D eigenvalue weighted by molar-refractivity contribution is -0.137. The third kappa shape index (κ3) is 4.67. The topological polar surface area (TPSA) is 107 Å². The second kappa shape index (κ2) is 8.58. The van der Waals surface area contributed by atoms with Crippen molar-refractivity contribution < 1.29 is 22.7 Å². The first kappa shape index (κ1) is 22.3. The Hall–Kier alpha value is -3.86. The van der Waals surface area contributed by atoms with Crippen molar-refractivity contribution in [2.24, 2.45) is 0 Å². The minimum Gasteiger partial charge on any atom is -0.480 e. The third-order valence-electron chi connectivity index (χ3n) is 4.79. The summed E-state index contributed by atoms with van der Waals surface area (Å²) >= 11 is 6.01. The van der Waals surface area contributed by atoms with Crippen molar-refractivity contribution in [3.8, 4) is 17.0 Å². The van der Waals surface area contributed by atoms with Gasteiger partial charge in [0.15, 0.2) is 5.65 Å². The molecule has 3 N–H and O–H groups in total. The first-order valence-corrected chi connectivity index (χ1v) is 9.83. The number of rotatable bonds is 5. The number of hydrogen-bond donors (Lipinski definition) is 2. The Balaban J connectivity index is 1.61. The van der Waals surface area contributed by atoms with Gasteiger partial charge < -0.3 is 15.8 Å². The average Bonchev–Trinajstić information content (AvgIpc) is 3.16. The Kier molecular flexibility index (Phi) is 5.81. The number of ether oxygens (including phenoxy) is 1. The maximum absolute atomic E-state index is 13.0. The maximum atomic E-state index is 13.0. The summed E-state index contributed by atoms with van der Waals surface area (Å²) in [6.45, 7) is -0.222. The van der Waals surface area contributed by atoms with Gasteiger partial charge in [0.2, 0.25) is 11.8 Å². The van der Waals surface area contributed by atoms with Crippen LogP contribution < -0.4 is 15.8 Å². The van der Waals surface area contributed by atoms with Gasteiger partial charge in [-0.25, -0.2) is 9.50 Å². The van der Waals surface area contributed by atoms with Crippen LogP contribution in [0.4, 0.5) is 19.1 Å². The number of carbonyl (C=O) groups excluding carboxylic acids is 1. The fourth-order valence-corrected chi connectivity index (χ4v) is 3.36. The van der Waals surface area contributed by atoms with Gasteiger partial charge in [0.1, 0.15) is 5.56 Å². The van der Waals surface area contributed by atoms with Crippen molar-refractivity contribution in [3.05, 3.63) is 70.5 Å². The molecule has 33 heavy (non-hydrogen) atoms. The molecule has 3 aromatic heterocycles. The highest BCUT2D eigenvalue weighted by atomic mass is 35.5. The van der Waals surface area contributed by atoms with E-state index in [0.29, 0.717) is 16.8 Å². The SMILES string of the molecule is COc1ncc(-c2ccn3nc(N)nc3c2)cc1C(=O)NCc1cc(C(F)(F)F)ccc1Cl. The van der Waals surface area contributed by atoms with E-state index in [1.165, 1.54) is 17.8 Å². The average molecular weight is 477 g/mol. The smallest absolute Gasteiger partial charge is 0.416 e. The molecule has 0 fully saturated rings. The number of fused-ring (bicyclic) bond motifs is 1. The molecule has 0 bridgehead atoms. The molecule has 0 radical (unpaired) electrons. The number of nitrogens with one attached hydrogen (secondary N) is 1. The van der Waals surface area contributed by atoms with Crippen LogP contribution in [-0.4, -0.2) is 32.6 Å². The van der Waals surface area contributed by atoms with Crippen LogP contribution in [-0.2, 0) is 12.7 Å². The van der Waals surface area contributed by atoms with Crippen LogP contribution in [0, 0.1) is 0 Å². The van der Waals surface area contributed by atoms with Crippen molar-refractivity contribution >= 4 is 29.1 Å². The second-order valence-electron chi connectivity index (χ2n) is 6.96. The first-order chi connectivity index (χ1) is 15.7. The van der Waals surface area contributed by atoms with Gasteiger partial charge in [-0.15, -0.1) is 5.10 Å². The number of anilines is 1. The van der Waals surface area contributed by atoms with Gasteiger partial charge in [-0.3, -0.25) is 4.79 Å². The maximum Gasteiger partial charge on any atom is 0.416 e. The Labute approximate surface area is 190 Å². The van der Waals surface area contributed by atoms with E-state index in [1.807, 2.05) is 0 Å². The standard InChI is InChI=1S/C21H16ClF3N6O2/c1-33-19-15(18(32)27-10-13-6-14(21(23,24)25)2-3-16(13)22)7-12(9-28-19)11-4-5-31-17(8-11)29-20(26)30-31/h2-9H,10H2,1H3,(H2,26,30)(H,27,32). The lowest BCUT2D eigenvalue weighted by Crippen LogP contribution is -2.24. The molecule has 12 heteroatoms. The van der Waals surface area contributed by atoms with Gasteiger partial charge >= 0.3 is 6.18 Å². The molecule has 8 nitrogen and oxygen atoms in total. The number of methoxy groups -OCH3 is 1. The van der Waals surface area contributed by atoms with E-state index in [9.17, 15) is 18.0 Å². The van der Waals surface area contributed by atoms with Crippen molar-refractivity contribution in [3.63, 3.8) is 0 Å². The zero-order valence-corrected chi connectivity index (χ0v) is 17.8. The van der Waals surface area contributed by atoms with E-state index in [1.54, 1.807) is 24.4 Å². The van der Waals surface area contributed by atoms with E-state index in [2.05, 4.69) is 20.4 Å². The molecule has 4 rings (SSSR count). The Bertz CT molecular complexity index is 1360. The lowest BCUT2D eigenvalue weighted by Gasteiger charge is -2.13. The van der Waals surface area contributed by atoms with Crippen LogP contribution in [0.5, 0.6) is 5.88 Å². The number of amides is 1. The van der Waals surface area contributed by atoms with E-state index in [0.717, 1.165) is 18.2 Å². The molecular formula is C21H16ClF3N6O2. The minimum absolute atomic E-state index is 0.0548. The van der Waals surface area contributed by atoms with Crippen LogP contribution in [0.25, 0.3) is 16.8 Å². The Morgan fingerprint density at radius 1 is 1.21 bits per heavy atom. The molecule has 0 aliphatic heterocycles. The fourth-order valence-electron chi connectivity index (χ4n) is 3.17. The number of nitrogen functional groups attached to an aromatic ring is 1. The van der Waals surface area contributed by atoms with Crippen LogP contribution in [0.15, 0.2) is 48.8 Å². The summed E-state index contributed by atoms with van der Waals surface area (Å²) in [7, 11) is 1.35. The highest BCUT2D eigenvalue weighted by Crippen LogP contribution is 2.32. The lowest BCUT2D eigenvalue weighted by atomic mass is 10.1. The number of hydrogen-bond acceptors (Lipinski definition) is 6. The van der Waals surface area contributed by atoms with E-state index >= 15 is 0 Å². The van der Waals surface area contributed by atoms with E-state index in [4.69, 9.17) is 22.1 Å².